The lowest BCUT2D eigenvalue weighted by Gasteiger charge is -2.09. The highest BCUT2D eigenvalue weighted by Crippen LogP contribution is 2.26. The fourth-order valence-electron chi connectivity index (χ4n) is 3.16. The molecule has 0 aliphatic heterocycles. The number of aromatic nitrogens is 4. The monoisotopic (exact) mass is 465 g/mol. The predicted octanol–water partition coefficient (Wildman–Crippen LogP) is 3.58. The van der Waals surface area contributed by atoms with Crippen LogP contribution in [0.1, 0.15) is 26.5 Å². The lowest BCUT2D eigenvalue weighted by atomic mass is 10.0. The van der Waals surface area contributed by atoms with Gasteiger partial charge in [-0.3, -0.25) is 4.98 Å². The maximum atomic E-state index is 12.0. The lowest BCUT2D eigenvalue weighted by Crippen LogP contribution is -2.15. The average Bonchev–Trinajstić information content (AvgIpc) is 3.48. The summed E-state index contributed by atoms with van der Waals surface area (Å²) < 4.78 is 17.5. The first-order chi connectivity index (χ1) is 16.0. The number of pyridine rings is 1. The number of aromatic amines is 1. The van der Waals surface area contributed by atoms with E-state index >= 15 is 0 Å². The number of furan rings is 1. The first-order valence-corrected chi connectivity index (χ1v) is 10.1. The summed E-state index contributed by atoms with van der Waals surface area (Å²) in [5.41, 5.74) is 4.95. The molecule has 2 N–H and O–H groups in total. The van der Waals surface area contributed by atoms with Gasteiger partial charge in [0.15, 0.2) is 5.82 Å². The number of rotatable bonds is 7. The standard InChI is InChI=1S/C22H19N5O5S/c1-30-20(28)15-9-14(10-16(11-15)21(29)31-2)18-4-3-17(32-18)12-24-27-19(25-26-22(27)33)13-5-7-23-8-6-13/h3-11,24H,12H2,1-2H3,(H,26,33). The number of nitrogens with one attached hydrogen (secondary N) is 2. The molecular weight excluding hydrogens is 446 g/mol. The summed E-state index contributed by atoms with van der Waals surface area (Å²) in [5.74, 6) is 0.509. The fourth-order valence-corrected chi connectivity index (χ4v) is 3.36. The molecule has 11 heteroatoms. The Labute approximate surface area is 193 Å². The number of H-pyrrole nitrogens is 1. The van der Waals surface area contributed by atoms with Crippen LogP contribution in [0.2, 0.25) is 0 Å². The Morgan fingerprint density at radius 1 is 1.03 bits per heavy atom. The molecule has 0 radical (unpaired) electrons. The molecule has 33 heavy (non-hydrogen) atoms. The molecule has 4 rings (SSSR count). The van der Waals surface area contributed by atoms with E-state index < -0.39 is 11.9 Å². The van der Waals surface area contributed by atoms with Crippen molar-refractivity contribution in [2.75, 3.05) is 19.6 Å². The molecule has 4 aromatic rings. The van der Waals surface area contributed by atoms with Crippen molar-refractivity contribution < 1.29 is 23.5 Å². The van der Waals surface area contributed by atoms with Gasteiger partial charge in [-0.1, -0.05) is 0 Å². The molecular formula is C22H19N5O5S. The van der Waals surface area contributed by atoms with Crippen molar-refractivity contribution in [2.45, 2.75) is 6.54 Å². The molecule has 0 atom stereocenters. The molecule has 10 nitrogen and oxygen atoms in total. The van der Waals surface area contributed by atoms with Crippen LogP contribution in [0.4, 0.5) is 0 Å². The summed E-state index contributed by atoms with van der Waals surface area (Å²) in [6.45, 7) is 0.298. The molecule has 0 fully saturated rings. The smallest absolute Gasteiger partial charge is 0.337 e. The van der Waals surface area contributed by atoms with Crippen molar-refractivity contribution in [2.24, 2.45) is 0 Å². The van der Waals surface area contributed by atoms with E-state index in [0.29, 0.717) is 34.2 Å². The molecule has 0 spiro atoms. The van der Waals surface area contributed by atoms with Crippen molar-refractivity contribution in [1.29, 1.82) is 0 Å². The Hall–Kier alpha value is -4.25. The summed E-state index contributed by atoms with van der Waals surface area (Å²) in [6, 6.07) is 11.7. The van der Waals surface area contributed by atoms with Gasteiger partial charge in [0.2, 0.25) is 4.77 Å². The molecule has 0 amide bonds. The van der Waals surface area contributed by atoms with Crippen molar-refractivity contribution in [3.63, 3.8) is 0 Å². The third kappa shape index (κ3) is 4.67. The zero-order chi connectivity index (χ0) is 23.4. The van der Waals surface area contributed by atoms with Gasteiger partial charge in [0, 0.05) is 23.5 Å². The molecule has 0 unspecified atom stereocenters. The van der Waals surface area contributed by atoms with E-state index in [-0.39, 0.29) is 11.1 Å². The number of hydrogen-bond acceptors (Lipinski definition) is 9. The number of hydrogen-bond donors (Lipinski definition) is 2. The van der Waals surface area contributed by atoms with Gasteiger partial charge >= 0.3 is 11.9 Å². The maximum Gasteiger partial charge on any atom is 0.337 e. The normalized spacial score (nSPS) is 10.6. The van der Waals surface area contributed by atoms with Gasteiger partial charge in [0.05, 0.1) is 31.9 Å². The van der Waals surface area contributed by atoms with Gasteiger partial charge in [0.25, 0.3) is 0 Å². The van der Waals surface area contributed by atoms with Crippen LogP contribution in [-0.4, -0.2) is 46.0 Å². The summed E-state index contributed by atoms with van der Waals surface area (Å²) in [5, 5.41) is 7.02. The zero-order valence-corrected chi connectivity index (χ0v) is 18.5. The molecule has 0 saturated heterocycles. The van der Waals surface area contributed by atoms with Crippen molar-refractivity contribution >= 4 is 24.2 Å². The highest BCUT2D eigenvalue weighted by molar-refractivity contribution is 7.71. The minimum atomic E-state index is -0.576. The summed E-state index contributed by atoms with van der Waals surface area (Å²) in [4.78, 5) is 28.1. The molecule has 1 aromatic carbocycles. The van der Waals surface area contributed by atoms with Crippen LogP contribution in [0.25, 0.3) is 22.7 Å². The molecule has 0 bridgehead atoms. The van der Waals surface area contributed by atoms with E-state index in [2.05, 4.69) is 20.6 Å². The minimum absolute atomic E-state index is 0.207. The maximum absolute atomic E-state index is 12.0. The molecule has 168 valence electrons. The van der Waals surface area contributed by atoms with E-state index in [1.54, 1.807) is 41.3 Å². The Morgan fingerprint density at radius 3 is 2.33 bits per heavy atom. The van der Waals surface area contributed by atoms with Crippen LogP contribution < -0.4 is 5.43 Å². The first kappa shape index (κ1) is 22.0. The van der Waals surface area contributed by atoms with E-state index in [9.17, 15) is 9.59 Å². The number of nitrogens with zero attached hydrogens (tertiary/aromatic N) is 3. The minimum Gasteiger partial charge on any atom is -0.465 e. The molecule has 3 heterocycles. The third-order valence-electron chi connectivity index (χ3n) is 4.74. The number of carbonyl (C=O) groups excluding carboxylic acids is 2. The second kappa shape index (κ2) is 9.49. The molecule has 3 aromatic heterocycles. The van der Waals surface area contributed by atoms with Gasteiger partial charge < -0.3 is 19.3 Å². The van der Waals surface area contributed by atoms with Crippen molar-refractivity contribution in [3.05, 3.63) is 76.5 Å². The van der Waals surface area contributed by atoms with Crippen LogP contribution in [0.5, 0.6) is 0 Å². The van der Waals surface area contributed by atoms with Crippen LogP contribution in [-0.2, 0) is 16.0 Å². The Balaban J connectivity index is 1.59. The highest BCUT2D eigenvalue weighted by atomic mass is 32.1. The van der Waals surface area contributed by atoms with E-state index in [4.69, 9.17) is 26.1 Å². The van der Waals surface area contributed by atoms with E-state index in [1.165, 1.54) is 20.3 Å². The number of carbonyl (C=O) groups is 2. The van der Waals surface area contributed by atoms with Crippen molar-refractivity contribution in [3.8, 4) is 22.7 Å². The summed E-state index contributed by atoms with van der Waals surface area (Å²) in [7, 11) is 2.54. The van der Waals surface area contributed by atoms with Gasteiger partial charge in [0.1, 0.15) is 11.5 Å². The van der Waals surface area contributed by atoms with E-state index in [0.717, 1.165) is 5.56 Å². The summed E-state index contributed by atoms with van der Waals surface area (Å²) in [6.07, 6.45) is 3.34. The second-order valence-corrected chi connectivity index (χ2v) is 7.19. The van der Waals surface area contributed by atoms with Crippen LogP contribution in [0.15, 0.2) is 59.3 Å². The number of esters is 2. The topological polar surface area (TPSA) is 124 Å². The third-order valence-corrected chi connectivity index (χ3v) is 5.02. The molecule has 0 saturated carbocycles. The SMILES string of the molecule is COC(=O)c1cc(C(=O)OC)cc(-c2ccc(CNn3c(-c4ccncc4)n[nH]c3=S)o2)c1. The van der Waals surface area contributed by atoms with Gasteiger partial charge in [-0.2, -0.15) is 5.10 Å². The number of benzene rings is 1. The largest absolute Gasteiger partial charge is 0.465 e. The molecule has 0 aliphatic rings. The Kier molecular flexibility index (Phi) is 6.31. The fraction of sp³-hybridized carbons (Fsp3) is 0.136. The number of methoxy groups -OCH3 is 2. The zero-order valence-electron chi connectivity index (χ0n) is 17.7. The Bertz CT molecular complexity index is 1320. The quantitative estimate of drug-likeness (QED) is 0.311. The van der Waals surface area contributed by atoms with E-state index in [1.807, 2.05) is 12.1 Å². The van der Waals surface area contributed by atoms with Crippen LogP contribution >= 0.6 is 12.2 Å². The van der Waals surface area contributed by atoms with Crippen molar-refractivity contribution in [1.82, 2.24) is 19.9 Å². The highest BCUT2D eigenvalue weighted by Gasteiger charge is 2.16. The van der Waals surface area contributed by atoms with Crippen LogP contribution in [0.3, 0.4) is 0 Å². The average molecular weight is 465 g/mol. The van der Waals surface area contributed by atoms with Gasteiger partial charge in [-0.05, 0) is 54.7 Å². The van der Waals surface area contributed by atoms with Crippen LogP contribution in [0, 0.1) is 4.77 Å². The van der Waals surface area contributed by atoms with Gasteiger partial charge in [-0.25, -0.2) is 19.4 Å². The van der Waals surface area contributed by atoms with Gasteiger partial charge in [-0.15, -0.1) is 0 Å². The Morgan fingerprint density at radius 2 is 1.70 bits per heavy atom. The molecule has 0 aliphatic carbocycles. The predicted molar refractivity (Wildman–Crippen MR) is 121 cm³/mol. The lowest BCUT2D eigenvalue weighted by molar-refractivity contribution is 0.0599. The second-order valence-electron chi connectivity index (χ2n) is 6.81. The number of ether oxygens (including phenoxy) is 2. The first-order valence-electron chi connectivity index (χ1n) is 9.72. The summed E-state index contributed by atoms with van der Waals surface area (Å²) >= 11 is 5.32.